The molecule has 2 heterocycles. The molecule has 1 aliphatic rings. The molecule has 0 aromatic carbocycles. The molecule has 94 valence electrons. The third-order valence-corrected chi connectivity index (χ3v) is 4.52. The lowest BCUT2D eigenvalue weighted by Crippen LogP contribution is -2.49. The minimum Gasteiger partial charge on any atom is -0.348 e. The summed E-state index contributed by atoms with van der Waals surface area (Å²) in [5, 5.41) is 8.47. The highest BCUT2D eigenvalue weighted by Crippen LogP contribution is 2.27. The number of amides is 1. The third-order valence-electron chi connectivity index (χ3n) is 3.46. The van der Waals surface area contributed by atoms with Gasteiger partial charge in [0.1, 0.15) is 0 Å². The van der Waals surface area contributed by atoms with Gasteiger partial charge in [-0.3, -0.25) is 4.79 Å². The Kier molecular flexibility index (Phi) is 3.84. The zero-order chi connectivity index (χ0) is 12.3. The zero-order valence-electron chi connectivity index (χ0n) is 10.5. The molecule has 1 aliphatic heterocycles. The van der Waals surface area contributed by atoms with Crippen LogP contribution in [0.4, 0.5) is 0 Å². The first kappa shape index (κ1) is 12.6. The molecule has 17 heavy (non-hydrogen) atoms. The van der Waals surface area contributed by atoms with Crippen molar-refractivity contribution in [1.29, 1.82) is 0 Å². The van der Waals surface area contributed by atoms with Crippen LogP contribution in [0.2, 0.25) is 0 Å². The number of nitrogens with one attached hydrogen (secondary N) is 2. The van der Waals surface area contributed by atoms with Crippen molar-refractivity contribution in [3.63, 3.8) is 0 Å². The lowest BCUT2D eigenvalue weighted by molar-refractivity contribution is -0.131. The Balaban J connectivity index is 1.96. The largest absolute Gasteiger partial charge is 0.348 e. The van der Waals surface area contributed by atoms with E-state index in [1.165, 1.54) is 4.88 Å². The number of carbonyl (C=O) groups is 1. The van der Waals surface area contributed by atoms with E-state index < -0.39 is 0 Å². The molecule has 2 atom stereocenters. The van der Waals surface area contributed by atoms with Crippen LogP contribution in [0, 0.1) is 5.41 Å². The van der Waals surface area contributed by atoms with Crippen molar-refractivity contribution in [2.75, 3.05) is 13.1 Å². The second-order valence-corrected chi connectivity index (χ2v) is 6.03. The van der Waals surface area contributed by atoms with E-state index in [4.69, 9.17) is 0 Å². The molecule has 1 fully saturated rings. The van der Waals surface area contributed by atoms with Gasteiger partial charge in [-0.2, -0.15) is 0 Å². The maximum absolute atomic E-state index is 12.3. The Morgan fingerprint density at radius 1 is 1.65 bits per heavy atom. The van der Waals surface area contributed by atoms with Crippen molar-refractivity contribution in [2.45, 2.75) is 32.7 Å². The molecule has 1 aromatic heterocycles. The zero-order valence-corrected chi connectivity index (χ0v) is 11.3. The number of thiophene rings is 1. The first-order valence-corrected chi connectivity index (χ1v) is 7.05. The summed E-state index contributed by atoms with van der Waals surface area (Å²) >= 11 is 1.69. The van der Waals surface area contributed by atoms with Crippen LogP contribution >= 0.6 is 11.3 Å². The van der Waals surface area contributed by atoms with Crippen LogP contribution in [0.5, 0.6) is 0 Å². The van der Waals surface area contributed by atoms with Crippen LogP contribution in [-0.4, -0.2) is 19.0 Å². The summed E-state index contributed by atoms with van der Waals surface area (Å²) in [6.07, 6.45) is 2.06. The average molecular weight is 252 g/mol. The molecule has 0 spiro atoms. The van der Waals surface area contributed by atoms with Crippen LogP contribution in [0.25, 0.3) is 0 Å². The predicted molar refractivity (Wildman–Crippen MR) is 71.1 cm³/mol. The summed E-state index contributed by atoms with van der Waals surface area (Å²) in [7, 11) is 0. The van der Waals surface area contributed by atoms with E-state index in [1.807, 2.05) is 18.4 Å². The van der Waals surface area contributed by atoms with E-state index in [9.17, 15) is 4.79 Å². The second kappa shape index (κ2) is 5.19. The fourth-order valence-corrected chi connectivity index (χ4v) is 2.96. The molecule has 1 saturated heterocycles. The Hall–Kier alpha value is -0.870. The minimum atomic E-state index is -0.246. The van der Waals surface area contributed by atoms with Crippen LogP contribution < -0.4 is 10.6 Å². The topological polar surface area (TPSA) is 41.1 Å². The second-order valence-electron chi connectivity index (χ2n) is 5.05. The van der Waals surface area contributed by atoms with Crippen molar-refractivity contribution in [3.05, 3.63) is 22.4 Å². The van der Waals surface area contributed by atoms with E-state index in [0.29, 0.717) is 0 Å². The molecule has 1 amide bonds. The molecule has 2 unspecified atom stereocenters. The number of rotatable bonds is 3. The smallest absolute Gasteiger partial charge is 0.227 e. The van der Waals surface area contributed by atoms with Crippen LogP contribution in [0.15, 0.2) is 17.5 Å². The summed E-state index contributed by atoms with van der Waals surface area (Å²) < 4.78 is 0. The Morgan fingerprint density at radius 3 is 3.06 bits per heavy atom. The summed E-state index contributed by atoms with van der Waals surface area (Å²) in [5.41, 5.74) is -0.246. The highest BCUT2D eigenvalue weighted by Gasteiger charge is 2.35. The van der Waals surface area contributed by atoms with Gasteiger partial charge in [0.05, 0.1) is 11.5 Å². The maximum Gasteiger partial charge on any atom is 0.227 e. The van der Waals surface area contributed by atoms with E-state index >= 15 is 0 Å². The van der Waals surface area contributed by atoms with Gasteiger partial charge in [-0.05, 0) is 44.7 Å². The monoisotopic (exact) mass is 252 g/mol. The summed E-state index contributed by atoms with van der Waals surface area (Å²) in [4.78, 5) is 13.5. The van der Waals surface area contributed by atoms with Gasteiger partial charge in [0, 0.05) is 11.4 Å². The van der Waals surface area contributed by atoms with Gasteiger partial charge in [0.25, 0.3) is 0 Å². The molecule has 1 aromatic rings. The van der Waals surface area contributed by atoms with Crippen molar-refractivity contribution < 1.29 is 4.79 Å². The highest BCUT2D eigenvalue weighted by atomic mass is 32.1. The molecule has 0 aliphatic carbocycles. The molecule has 2 rings (SSSR count). The van der Waals surface area contributed by atoms with Crippen molar-refractivity contribution in [2.24, 2.45) is 5.41 Å². The fourth-order valence-electron chi connectivity index (χ4n) is 2.23. The number of piperidine rings is 1. The van der Waals surface area contributed by atoms with Crippen LogP contribution in [-0.2, 0) is 4.79 Å². The van der Waals surface area contributed by atoms with E-state index in [0.717, 1.165) is 25.9 Å². The molecular formula is C13H20N2OS. The lowest BCUT2D eigenvalue weighted by Gasteiger charge is -2.33. The molecule has 4 heteroatoms. The average Bonchev–Trinajstić information content (AvgIpc) is 2.83. The summed E-state index contributed by atoms with van der Waals surface area (Å²) in [5.74, 6) is 0.172. The summed E-state index contributed by atoms with van der Waals surface area (Å²) in [6.45, 7) is 5.92. The minimum absolute atomic E-state index is 0.112. The first-order chi connectivity index (χ1) is 8.12. The highest BCUT2D eigenvalue weighted by molar-refractivity contribution is 7.10. The van der Waals surface area contributed by atoms with Gasteiger partial charge in [0.2, 0.25) is 5.91 Å². The SMILES string of the molecule is CC(NC(=O)C1(C)CCCNC1)c1cccs1. The quantitative estimate of drug-likeness (QED) is 0.867. The molecule has 0 bridgehead atoms. The standard InChI is InChI=1S/C13H20N2OS/c1-10(11-5-3-8-17-11)15-12(16)13(2)6-4-7-14-9-13/h3,5,8,10,14H,4,6-7,9H2,1-2H3,(H,15,16). The van der Waals surface area contributed by atoms with Gasteiger partial charge in [-0.15, -0.1) is 11.3 Å². The fraction of sp³-hybridized carbons (Fsp3) is 0.615. The number of carbonyl (C=O) groups excluding carboxylic acids is 1. The van der Waals surface area contributed by atoms with Crippen molar-refractivity contribution >= 4 is 17.2 Å². The molecule has 3 nitrogen and oxygen atoms in total. The van der Waals surface area contributed by atoms with Gasteiger partial charge in [0.15, 0.2) is 0 Å². The molecular weight excluding hydrogens is 232 g/mol. The number of hydrogen-bond acceptors (Lipinski definition) is 3. The van der Waals surface area contributed by atoms with Gasteiger partial charge in [-0.1, -0.05) is 6.07 Å². The van der Waals surface area contributed by atoms with Crippen molar-refractivity contribution in [3.8, 4) is 0 Å². The molecule has 0 radical (unpaired) electrons. The lowest BCUT2D eigenvalue weighted by atomic mass is 9.81. The van der Waals surface area contributed by atoms with Crippen LogP contribution in [0.3, 0.4) is 0 Å². The van der Waals surface area contributed by atoms with Crippen molar-refractivity contribution in [1.82, 2.24) is 10.6 Å². The first-order valence-electron chi connectivity index (χ1n) is 6.17. The third kappa shape index (κ3) is 2.87. The summed E-state index contributed by atoms with van der Waals surface area (Å²) in [6, 6.07) is 4.20. The molecule has 0 saturated carbocycles. The predicted octanol–water partition coefficient (Wildman–Crippen LogP) is 2.32. The number of hydrogen-bond donors (Lipinski definition) is 2. The molecule has 2 N–H and O–H groups in total. The van der Waals surface area contributed by atoms with Gasteiger partial charge < -0.3 is 10.6 Å². The van der Waals surface area contributed by atoms with E-state index in [1.54, 1.807) is 11.3 Å². The maximum atomic E-state index is 12.3. The Morgan fingerprint density at radius 2 is 2.47 bits per heavy atom. The Bertz CT molecular complexity index is 369. The van der Waals surface area contributed by atoms with Gasteiger partial charge >= 0.3 is 0 Å². The Labute approximate surface area is 107 Å². The normalized spacial score (nSPS) is 26.5. The van der Waals surface area contributed by atoms with E-state index in [-0.39, 0.29) is 17.4 Å². The van der Waals surface area contributed by atoms with Crippen LogP contribution in [0.1, 0.15) is 37.6 Å². The van der Waals surface area contributed by atoms with E-state index in [2.05, 4.69) is 23.6 Å². The van der Waals surface area contributed by atoms with Gasteiger partial charge in [-0.25, -0.2) is 0 Å².